The number of alkyl halides is 3. The molecule has 0 radical (unpaired) electrons. The number of allylic oxidation sites excluding steroid dienone is 4. The predicted molar refractivity (Wildman–Crippen MR) is 32.6 cm³/mol. The molecule has 0 aromatic carbocycles. The Hall–Kier alpha value is 0.192. The summed E-state index contributed by atoms with van der Waals surface area (Å²) in [5, 5.41) is 0. The average Bonchev–Trinajstić information content (AvgIpc) is 2.11. The molecule has 4 heteroatoms. The molecule has 0 unspecified atom stereocenters. The van der Waals surface area contributed by atoms with Gasteiger partial charge >= 0.3 is 72.4 Å². The van der Waals surface area contributed by atoms with Gasteiger partial charge < -0.3 is 0 Å². The Morgan fingerprint density at radius 2 is 2.00 bits per heavy atom. The van der Waals surface area contributed by atoms with Crippen molar-refractivity contribution in [3.05, 3.63) is 20.9 Å². The van der Waals surface area contributed by atoms with E-state index >= 15 is 0 Å². The van der Waals surface area contributed by atoms with Crippen LogP contribution in [0.25, 0.3) is 0 Å². The molecule has 0 fully saturated rings. The van der Waals surface area contributed by atoms with Crippen LogP contribution < -0.4 is 0 Å². The van der Waals surface area contributed by atoms with Crippen LogP contribution in [0, 0.1) is 0 Å². The number of hydrogen-bond acceptors (Lipinski definition) is 0. The molecule has 0 saturated heterocycles. The van der Waals surface area contributed by atoms with Gasteiger partial charge in [0.2, 0.25) is 0 Å². The van der Waals surface area contributed by atoms with Crippen LogP contribution in [-0.4, -0.2) is 31.9 Å². The SMILES string of the molecule is FC(F)(F)C1=[C]([Tl])CC=C1. The summed E-state index contributed by atoms with van der Waals surface area (Å²) in [5.41, 5.74) is -0.405. The van der Waals surface area contributed by atoms with Crippen molar-refractivity contribution in [2.45, 2.75) is 12.6 Å². The van der Waals surface area contributed by atoms with Crippen LogP contribution in [-0.2, 0) is 0 Å². The maximum absolute atomic E-state index is 11.9. The zero-order valence-electron chi connectivity index (χ0n) is 5.07. The first kappa shape index (κ1) is 8.29. The third-order valence-corrected chi connectivity index (χ3v) is 3.40. The van der Waals surface area contributed by atoms with Gasteiger partial charge in [-0.2, -0.15) is 0 Å². The monoisotopic (exact) mass is 338 g/mol. The molecule has 0 nitrogen and oxygen atoms in total. The summed E-state index contributed by atoms with van der Waals surface area (Å²) in [7, 11) is 0. The molecule has 0 saturated carbocycles. The van der Waals surface area contributed by atoms with Gasteiger partial charge in [-0.05, 0) is 0 Å². The van der Waals surface area contributed by atoms with E-state index in [-0.39, 0.29) is 0 Å². The normalized spacial score (nSPS) is 18.6. The summed E-state index contributed by atoms with van der Waals surface area (Å²) in [6, 6.07) is 0. The fourth-order valence-electron chi connectivity index (χ4n) is 0.797. The van der Waals surface area contributed by atoms with E-state index in [9.17, 15) is 13.2 Å². The van der Waals surface area contributed by atoms with Crippen molar-refractivity contribution >= 4 is 25.8 Å². The zero-order valence-corrected chi connectivity index (χ0v) is 9.56. The molecule has 1 aliphatic carbocycles. The molecule has 0 aromatic heterocycles. The van der Waals surface area contributed by atoms with Crippen molar-refractivity contribution in [3.63, 3.8) is 0 Å². The van der Waals surface area contributed by atoms with Gasteiger partial charge in [-0.1, -0.05) is 0 Å². The Bertz CT molecular complexity index is 200. The van der Waals surface area contributed by atoms with Gasteiger partial charge in [-0.3, -0.25) is 0 Å². The van der Waals surface area contributed by atoms with Crippen molar-refractivity contribution in [2.75, 3.05) is 0 Å². The van der Waals surface area contributed by atoms with Crippen LogP contribution in [0.5, 0.6) is 0 Å². The molecule has 0 heterocycles. The van der Waals surface area contributed by atoms with E-state index in [1.54, 1.807) is 6.08 Å². The van der Waals surface area contributed by atoms with Crippen LogP contribution in [0.15, 0.2) is 20.9 Å². The summed E-state index contributed by atoms with van der Waals surface area (Å²) >= 11 is 0.316. The molecular formula is C6H4F3Tl. The molecule has 0 N–H and O–H groups in total. The minimum absolute atomic E-state index is 0.316. The number of halogens is 3. The first-order valence-corrected chi connectivity index (χ1v) is 4.98. The Morgan fingerprint density at radius 3 is 2.20 bits per heavy atom. The zero-order chi connectivity index (χ0) is 7.78. The topological polar surface area (TPSA) is 0 Å². The third-order valence-electron chi connectivity index (χ3n) is 1.27. The summed E-state index contributed by atoms with van der Waals surface area (Å²) in [5.74, 6) is 0. The molecule has 1 aliphatic rings. The van der Waals surface area contributed by atoms with E-state index in [1.807, 2.05) is 0 Å². The van der Waals surface area contributed by atoms with Crippen molar-refractivity contribution in [1.29, 1.82) is 0 Å². The van der Waals surface area contributed by atoms with E-state index in [0.29, 0.717) is 35.3 Å². The van der Waals surface area contributed by atoms with Gasteiger partial charge in [0, 0.05) is 0 Å². The summed E-state index contributed by atoms with van der Waals surface area (Å²) in [6.07, 6.45) is -0.857. The molecule has 0 aliphatic heterocycles. The van der Waals surface area contributed by atoms with Gasteiger partial charge in [0.15, 0.2) is 0 Å². The first-order chi connectivity index (χ1) is 4.52. The summed E-state index contributed by atoms with van der Waals surface area (Å²) in [6.45, 7) is 0. The summed E-state index contributed by atoms with van der Waals surface area (Å²) in [4.78, 5) is 0. The Morgan fingerprint density at radius 1 is 1.40 bits per heavy atom. The predicted octanol–water partition coefficient (Wildman–Crippen LogP) is 1.93. The van der Waals surface area contributed by atoms with Gasteiger partial charge in [0.05, 0.1) is 0 Å². The molecule has 0 spiro atoms. The van der Waals surface area contributed by atoms with E-state index in [2.05, 4.69) is 0 Å². The van der Waals surface area contributed by atoms with Crippen LogP contribution >= 0.6 is 0 Å². The Balaban J connectivity index is 2.91. The van der Waals surface area contributed by atoms with E-state index in [4.69, 9.17) is 0 Å². The van der Waals surface area contributed by atoms with Gasteiger partial charge in [0.1, 0.15) is 0 Å². The van der Waals surface area contributed by atoms with E-state index < -0.39 is 11.7 Å². The Labute approximate surface area is 72.5 Å². The molecule has 0 atom stereocenters. The number of rotatable bonds is 0. The molecule has 52 valence electrons. The molecule has 0 amide bonds. The van der Waals surface area contributed by atoms with Gasteiger partial charge in [-0.25, -0.2) is 0 Å². The standard InChI is InChI=1S/C6H4F3.Tl/c7-6(8,9)5-3-1-2-4-5;/h1,3H,2H2;. The van der Waals surface area contributed by atoms with Gasteiger partial charge in [-0.15, -0.1) is 0 Å². The molecule has 0 bridgehead atoms. The maximum atomic E-state index is 11.9. The Kier molecular flexibility index (Phi) is 2.22. The third kappa shape index (κ3) is 1.62. The van der Waals surface area contributed by atoms with Crippen molar-refractivity contribution in [2.24, 2.45) is 0 Å². The van der Waals surface area contributed by atoms with Crippen LogP contribution in [0.3, 0.4) is 0 Å². The van der Waals surface area contributed by atoms with Crippen LogP contribution in [0.4, 0.5) is 13.2 Å². The second kappa shape index (κ2) is 2.67. The molecule has 0 aromatic rings. The van der Waals surface area contributed by atoms with E-state index in [1.165, 1.54) is 6.08 Å². The fourth-order valence-corrected chi connectivity index (χ4v) is 2.34. The fraction of sp³-hybridized carbons (Fsp3) is 0.333. The van der Waals surface area contributed by atoms with E-state index in [0.717, 1.165) is 0 Å². The average molecular weight is 337 g/mol. The van der Waals surface area contributed by atoms with Crippen molar-refractivity contribution < 1.29 is 13.2 Å². The minimum atomic E-state index is -4.11. The second-order valence-corrected chi connectivity index (χ2v) is 4.75. The summed E-state index contributed by atoms with van der Waals surface area (Å²) < 4.78 is 36.4. The van der Waals surface area contributed by atoms with Crippen molar-refractivity contribution in [1.82, 2.24) is 0 Å². The van der Waals surface area contributed by atoms with Crippen LogP contribution in [0.1, 0.15) is 6.42 Å². The molecule has 10 heavy (non-hydrogen) atoms. The number of hydrogen-bond donors (Lipinski definition) is 0. The van der Waals surface area contributed by atoms with Crippen molar-refractivity contribution in [3.8, 4) is 0 Å². The second-order valence-electron chi connectivity index (χ2n) is 2.04. The molecule has 1 rings (SSSR count). The van der Waals surface area contributed by atoms with Gasteiger partial charge in [0.25, 0.3) is 0 Å². The molecular weight excluding hydrogens is 333 g/mol. The quantitative estimate of drug-likeness (QED) is 0.593. The van der Waals surface area contributed by atoms with Crippen LogP contribution in [0.2, 0.25) is 0 Å². The first-order valence-electron chi connectivity index (χ1n) is 2.74.